The van der Waals surface area contributed by atoms with Crippen LogP contribution in [0.5, 0.6) is 0 Å². The Bertz CT molecular complexity index is 411. The Labute approximate surface area is 73.4 Å². The van der Waals surface area contributed by atoms with Crippen LogP contribution in [0.1, 0.15) is 10.6 Å². The van der Waals surface area contributed by atoms with Crippen LogP contribution in [0.2, 0.25) is 0 Å². The van der Waals surface area contributed by atoms with Gasteiger partial charge < -0.3 is 13.9 Å². The second-order valence-corrected chi connectivity index (χ2v) is 2.48. The Kier molecular flexibility index (Phi) is 1.66. The highest BCUT2D eigenvalue weighted by Crippen LogP contribution is 2.22. The van der Waals surface area contributed by atoms with E-state index < -0.39 is 5.97 Å². The maximum Gasteiger partial charge on any atom is 0.371 e. The topological polar surface area (TPSA) is 63.6 Å². The molecule has 66 valence electrons. The fourth-order valence-corrected chi connectivity index (χ4v) is 1.01. The quantitative estimate of drug-likeness (QED) is 0.765. The van der Waals surface area contributed by atoms with Gasteiger partial charge in [-0.05, 0) is 18.2 Å². The number of hydrogen-bond donors (Lipinski definition) is 1. The van der Waals surface area contributed by atoms with Gasteiger partial charge in [-0.1, -0.05) is 0 Å². The summed E-state index contributed by atoms with van der Waals surface area (Å²) in [6, 6.07) is 4.70. The van der Waals surface area contributed by atoms with Crippen LogP contribution >= 0.6 is 0 Å². The molecule has 0 bridgehead atoms. The molecule has 1 N–H and O–H groups in total. The average molecular weight is 178 g/mol. The lowest BCUT2D eigenvalue weighted by Crippen LogP contribution is -1.91. The van der Waals surface area contributed by atoms with Gasteiger partial charge in [-0.15, -0.1) is 0 Å². The lowest BCUT2D eigenvalue weighted by molar-refractivity contribution is 0.0663. The zero-order chi connectivity index (χ0) is 9.26. The van der Waals surface area contributed by atoms with E-state index >= 15 is 0 Å². The molecule has 13 heavy (non-hydrogen) atoms. The minimum Gasteiger partial charge on any atom is -0.475 e. The average Bonchev–Trinajstić information content (AvgIpc) is 2.75. The van der Waals surface area contributed by atoms with Gasteiger partial charge in [0, 0.05) is 0 Å². The van der Waals surface area contributed by atoms with Gasteiger partial charge >= 0.3 is 5.97 Å². The first-order valence-electron chi connectivity index (χ1n) is 3.63. The highest BCUT2D eigenvalue weighted by atomic mass is 16.4. The lowest BCUT2D eigenvalue weighted by atomic mass is 10.3. The van der Waals surface area contributed by atoms with Crippen LogP contribution in [-0.4, -0.2) is 11.1 Å². The molecule has 0 saturated heterocycles. The minimum absolute atomic E-state index is 0.0730. The van der Waals surface area contributed by atoms with Crippen molar-refractivity contribution in [2.45, 2.75) is 0 Å². The Morgan fingerprint density at radius 1 is 1.31 bits per heavy atom. The normalized spacial score (nSPS) is 10.2. The summed E-state index contributed by atoms with van der Waals surface area (Å²) in [5.74, 6) is -0.655. The van der Waals surface area contributed by atoms with Crippen molar-refractivity contribution in [3.8, 4) is 11.3 Å². The minimum atomic E-state index is -1.07. The molecular formula is C9H6O4. The summed E-state index contributed by atoms with van der Waals surface area (Å²) in [6.07, 6.45) is 2.99. The molecule has 2 rings (SSSR count). The van der Waals surface area contributed by atoms with Crippen molar-refractivity contribution in [3.05, 3.63) is 36.5 Å². The summed E-state index contributed by atoms with van der Waals surface area (Å²) in [5, 5.41) is 8.58. The highest BCUT2D eigenvalue weighted by molar-refractivity contribution is 5.85. The van der Waals surface area contributed by atoms with Gasteiger partial charge in [-0.25, -0.2) is 4.79 Å². The van der Waals surface area contributed by atoms with Crippen molar-refractivity contribution in [1.29, 1.82) is 0 Å². The monoisotopic (exact) mass is 178 g/mol. The van der Waals surface area contributed by atoms with E-state index in [4.69, 9.17) is 13.9 Å². The molecule has 0 aliphatic heterocycles. The van der Waals surface area contributed by atoms with Gasteiger partial charge in [-0.3, -0.25) is 0 Å². The number of rotatable bonds is 2. The van der Waals surface area contributed by atoms with Crippen LogP contribution in [0.4, 0.5) is 0 Å². The summed E-state index contributed by atoms with van der Waals surface area (Å²) in [4.78, 5) is 10.5. The number of hydrogen-bond acceptors (Lipinski definition) is 3. The molecule has 2 aromatic rings. The van der Waals surface area contributed by atoms with Crippen molar-refractivity contribution >= 4 is 5.97 Å². The smallest absolute Gasteiger partial charge is 0.371 e. The largest absolute Gasteiger partial charge is 0.475 e. The molecule has 0 radical (unpaired) electrons. The van der Waals surface area contributed by atoms with Gasteiger partial charge in [0.1, 0.15) is 12.0 Å². The molecule has 0 spiro atoms. The molecule has 0 aliphatic carbocycles. The predicted octanol–water partition coefficient (Wildman–Crippen LogP) is 2.24. The third-order valence-electron chi connectivity index (χ3n) is 1.62. The molecule has 0 aliphatic rings. The molecule has 0 amide bonds. The van der Waals surface area contributed by atoms with Gasteiger partial charge in [0.15, 0.2) is 0 Å². The Balaban J connectivity index is 2.39. The van der Waals surface area contributed by atoms with E-state index in [-0.39, 0.29) is 5.76 Å². The molecule has 0 saturated carbocycles. The van der Waals surface area contributed by atoms with Gasteiger partial charge in [0.2, 0.25) is 5.76 Å². The van der Waals surface area contributed by atoms with Crippen LogP contribution in [0.15, 0.2) is 39.6 Å². The summed E-state index contributed by atoms with van der Waals surface area (Å²) < 4.78 is 9.86. The van der Waals surface area contributed by atoms with Crippen LogP contribution in [0, 0.1) is 0 Å². The molecule has 4 nitrogen and oxygen atoms in total. The summed E-state index contributed by atoms with van der Waals surface area (Å²) >= 11 is 0. The van der Waals surface area contributed by atoms with E-state index in [1.165, 1.54) is 18.6 Å². The summed E-state index contributed by atoms with van der Waals surface area (Å²) in [6.45, 7) is 0. The zero-order valence-corrected chi connectivity index (χ0v) is 6.56. The van der Waals surface area contributed by atoms with Crippen molar-refractivity contribution in [2.24, 2.45) is 0 Å². The van der Waals surface area contributed by atoms with Crippen LogP contribution < -0.4 is 0 Å². The molecule has 0 fully saturated rings. The SMILES string of the molecule is O=C(O)c1ccc(-c2ccoc2)o1. The third kappa shape index (κ3) is 1.33. The van der Waals surface area contributed by atoms with Crippen molar-refractivity contribution in [3.63, 3.8) is 0 Å². The number of carbonyl (C=O) groups is 1. The molecular weight excluding hydrogens is 172 g/mol. The second-order valence-electron chi connectivity index (χ2n) is 2.48. The number of aromatic carboxylic acids is 1. The Hall–Kier alpha value is -1.97. The van der Waals surface area contributed by atoms with Crippen LogP contribution in [0.3, 0.4) is 0 Å². The van der Waals surface area contributed by atoms with E-state index in [9.17, 15) is 4.79 Å². The first kappa shape index (κ1) is 7.67. The van der Waals surface area contributed by atoms with E-state index in [2.05, 4.69) is 0 Å². The fraction of sp³-hybridized carbons (Fsp3) is 0. The molecule has 0 atom stereocenters. The molecule has 4 heteroatoms. The van der Waals surface area contributed by atoms with Crippen molar-refractivity contribution in [1.82, 2.24) is 0 Å². The number of carboxylic acids is 1. The summed E-state index contributed by atoms with van der Waals surface area (Å²) in [5.41, 5.74) is 0.729. The maximum atomic E-state index is 10.5. The maximum absolute atomic E-state index is 10.5. The summed E-state index contributed by atoms with van der Waals surface area (Å²) in [7, 11) is 0. The van der Waals surface area contributed by atoms with E-state index in [0.29, 0.717) is 5.76 Å². The van der Waals surface area contributed by atoms with Crippen molar-refractivity contribution < 1.29 is 18.7 Å². The Morgan fingerprint density at radius 2 is 2.15 bits per heavy atom. The van der Waals surface area contributed by atoms with Gasteiger partial charge in [0.05, 0.1) is 11.8 Å². The highest BCUT2D eigenvalue weighted by Gasteiger charge is 2.10. The first-order chi connectivity index (χ1) is 6.27. The van der Waals surface area contributed by atoms with E-state index in [1.54, 1.807) is 12.1 Å². The third-order valence-corrected chi connectivity index (χ3v) is 1.62. The van der Waals surface area contributed by atoms with Crippen LogP contribution in [0.25, 0.3) is 11.3 Å². The van der Waals surface area contributed by atoms with E-state index in [0.717, 1.165) is 5.56 Å². The standard InChI is InChI=1S/C9H6O4/c10-9(11)8-2-1-7(13-8)6-3-4-12-5-6/h1-5H,(H,10,11). The molecule has 0 unspecified atom stereocenters. The van der Waals surface area contributed by atoms with Crippen molar-refractivity contribution in [2.75, 3.05) is 0 Å². The van der Waals surface area contributed by atoms with Gasteiger partial charge in [0.25, 0.3) is 0 Å². The molecule has 0 aromatic carbocycles. The molecule has 2 aromatic heterocycles. The number of furan rings is 2. The zero-order valence-electron chi connectivity index (χ0n) is 6.56. The molecule has 2 heterocycles. The van der Waals surface area contributed by atoms with E-state index in [1.807, 2.05) is 0 Å². The first-order valence-corrected chi connectivity index (χ1v) is 3.63. The predicted molar refractivity (Wildman–Crippen MR) is 43.4 cm³/mol. The number of carboxylic acid groups (broad SMARTS) is 1. The van der Waals surface area contributed by atoms with Gasteiger partial charge in [-0.2, -0.15) is 0 Å². The van der Waals surface area contributed by atoms with Crippen LogP contribution in [-0.2, 0) is 0 Å². The lowest BCUT2D eigenvalue weighted by Gasteiger charge is -1.87. The fourth-order valence-electron chi connectivity index (χ4n) is 1.01. The Morgan fingerprint density at radius 3 is 2.69 bits per heavy atom. The second kappa shape index (κ2) is 2.82.